The van der Waals surface area contributed by atoms with E-state index in [-0.39, 0.29) is 5.54 Å². The average molecular weight is 315 g/mol. The molecule has 1 aliphatic rings. The van der Waals surface area contributed by atoms with Gasteiger partial charge in [-0.25, -0.2) is 0 Å². The highest BCUT2D eigenvalue weighted by molar-refractivity contribution is 6.42. The Morgan fingerprint density at radius 2 is 1.80 bits per heavy atom. The maximum atomic E-state index is 6.04. The smallest absolute Gasteiger partial charge is 0.0595 e. The third kappa shape index (κ3) is 4.36. The Kier molecular flexibility index (Phi) is 5.36. The summed E-state index contributed by atoms with van der Waals surface area (Å²) in [7, 11) is 0. The first-order valence-corrected chi connectivity index (χ1v) is 8.04. The first-order valence-electron chi connectivity index (χ1n) is 7.28. The van der Waals surface area contributed by atoms with Gasteiger partial charge < -0.3 is 5.32 Å². The quantitative estimate of drug-likeness (QED) is 0.892. The van der Waals surface area contributed by atoms with Gasteiger partial charge in [-0.05, 0) is 51.3 Å². The fraction of sp³-hybridized carbons (Fsp3) is 0.625. The summed E-state index contributed by atoms with van der Waals surface area (Å²) >= 11 is 12.0. The molecule has 0 unspecified atom stereocenters. The summed E-state index contributed by atoms with van der Waals surface area (Å²) in [5.41, 5.74) is 1.48. The van der Waals surface area contributed by atoms with E-state index < -0.39 is 0 Å². The molecular formula is C16H24Cl2N2. The van der Waals surface area contributed by atoms with E-state index in [2.05, 4.69) is 31.0 Å². The van der Waals surface area contributed by atoms with Crippen LogP contribution in [0.15, 0.2) is 18.2 Å². The molecule has 20 heavy (non-hydrogen) atoms. The number of rotatable bonds is 3. The molecule has 2 nitrogen and oxygen atoms in total. The van der Waals surface area contributed by atoms with Gasteiger partial charge in [-0.1, -0.05) is 29.3 Å². The van der Waals surface area contributed by atoms with Crippen LogP contribution in [0.4, 0.5) is 0 Å². The highest BCUT2D eigenvalue weighted by Crippen LogP contribution is 2.23. The largest absolute Gasteiger partial charge is 0.310 e. The fourth-order valence-electron chi connectivity index (χ4n) is 2.67. The standard InChI is InChI=1S/C16H24Cl2N2/c1-16(2,3)20-8-6-13(7-9-20)19-11-12-4-5-14(17)15(18)10-12/h4-5,10,13,19H,6-9,11H2,1-3H3. The lowest BCUT2D eigenvalue weighted by atomic mass is 9.98. The molecule has 4 heteroatoms. The summed E-state index contributed by atoms with van der Waals surface area (Å²) in [6.45, 7) is 10.1. The van der Waals surface area contributed by atoms with Crippen LogP contribution in [-0.4, -0.2) is 29.6 Å². The van der Waals surface area contributed by atoms with Crippen LogP contribution in [0.25, 0.3) is 0 Å². The molecule has 1 aliphatic heterocycles. The predicted molar refractivity (Wildman–Crippen MR) is 87.6 cm³/mol. The van der Waals surface area contributed by atoms with E-state index in [1.165, 1.54) is 31.5 Å². The summed E-state index contributed by atoms with van der Waals surface area (Å²) in [5, 5.41) is 4.88. The van der Waals surface area contributed by atoms with E-state index in [4.69, 9.17) is 23.2 Å². The van der Waals surface area contributed by atoms with Crippen LogP contribution in [-0.2, 0) is 6.54 Å². The molecule has 0 saturated carbocycles. The Bertz CT molecular complexity index is 446. The molecule has 0 spiro atoms. The van der Waals surface area contributed by atoms with Crippen molar-refractivity contribution < 1.29 is 0 Å². The van der Waals surface area contributed by atoms with Crippen LogP contribution in [0.5, 0.6) is 0 Å². The Hall–Kier alpha value is -0.280. The molecule has 112 valence electrons. The monoisotopic (exact) mass is 314 g/mol. The van der Waals surface area contributed by atoms with Crippen molar-refractivity contribution in [1.82, 2.24) is 10.2 Å². The van der Waals surface area contributed by atoms with Gasteiger partial charge in [-0.15, -0.1) is 0 Å². The van der Waals surface area contributed by atoms with Crippen LogP contribution in [0.2, 0.25) is 10.0 Å². The van der Waals surface area contributed by atoms with Gasteiger partial charge in [0.1, 0.15) is 0 Å². The molecule has 1 saturated heterocycles. The lowest BCUT2D eigenvalue weighted by Crippen LogP contribution is -2.49. The van der Waals surface area contributed by atoms with Crippen molar-refractivity contribution in [3.8, 4) is 0 Å². The van der Waals surface area contributed by atoms with Crippen LogP contribution in [0, 0.1) is 0 Å². The van der Waals surface area contributed by atoms with Gasteiger partial charge in [0.2, 0.25) is 0 Å². The first kappa shape index (κ1) is 16.1. The Morgan fingerprint density at radius 1 is 1.15 bits per heavy atom. The third-order valence-corrected chi connectivity index (χ3v) is 4.76. The summed E-state index contributed by atoms with van der Waals surface area (Å²) in [6.07, 6.45) is 2.41. The number of nitrogens with zero attached hydrogens (tertiary/aromatic N) is 1. The van der Waals surface area contributed by atoms with Gasteiger partial charge in [0.15, 0.2) is 0 Å². The van der Waals surface area contributed by atoms with Crippen molar-refractivity contribution in [3.05, 3.63) is 33.8 Å². The number of piperidine rings is 1. The predicted octanol–water partition coefficient (Wildman–Crippen LogP) is 4.35. The molecule has 0 aliphatic carbocycles. The molecule has 1 aromatic rings. The van der Waals surface area contributed by atoms with E-state index in [0.29, 0.717) is 16.1 Å². The molecule has 0 radical (unpaired) electrons. The zero-order valence-electron chi connectivity index (χ0n) is 12.5. The molecule has 0 atom stereocenters. The number of hydrogen-bond donors (Lipinski definition) is 1. The molecule has 0 bridgehead atoms. The minimum absolute atomic E-state index is 0.286. The van der Waals surface area contributed by atoms with Crippen molar-refractivity contribution in [2.75, 3.05) is 13.1 Å². The lowest BCUT2D eigenvalue weighted by molar-refractivity contribution is 0.0960. The lowest BCUT2D eigenvalue weighted by Gasteiger charge is -2.41. The Balaban J connectivity index is 1.80. The van der Waals surface area contributed by atoms with Crippen molar-refractivity contribution in [3.63, 3.8) is 0 Å². The minimum atomic E-state index is 0.286. The molecule has 0 aromatic heterocycles. The molecule has 0 amide bonds. The number of hydrogen-bond acceptors (Lipinski definition) is 2. The van der Waals surface area contributed by atoms with Crippen LogP contribution < -0.4 is 5.32 Å². The summed E-state index contributed by atoms with van der Waals surface area (Å²) in [5.74, 6) is 0. The van der Waals surface area contributed by atoms with Gasteiger partial charge in [-0.2, -0.15) is 0 Å². The minimum Gasteiger partial charge on any atom is -0.310 e. The summed E-state index contributed by atoms with van der Waals surface area (Å²) in [4.78, 5) is 2.56. The van der Waals surface area contributed by atoms with Gasteiger partial charge in [0.25, 0.3) is 0 Å². The van der Waals surface area contributed by atoms with Crippen molar-refractivity contribution in [1.29, 1.82) is 0 Å². The zero-order valence-corrected chi connectivity index (χ0v) is 14.1. The topological polar surface area (TPSA) is 15.3 Å². The number of benzene rings is 1. The molecule has 2 rings (SSSR count). The first-order chi connectivity index (χ1) is 9.36. The number of nitrogens with one attached hydrogen (secondary N) is 1. The van der Waals surface area contributed by atoms with Crippen LogP contribution >= 0.6 is 23.2 Å². The van der Waals surface area contributed by atoms with Crippen LogP contribution in [0.1, 0.15) is 39.2 Å². The molecular weight excluding hydrogens is 291 g/mol. The van der Waals surface area contributed by atoms with Gasteiger partial charge in [-0.3, -0.25) is 4.90 Å². The van der Waals surface area contributed by atoms with E-state index in [1.807, 2.05) is 18.2 Å². The Labute approximate surface area is 132 Å². The normalized spacial score (nSPS) is 18.4. The second-order valence-electron chi connectivity index (χ2n) is 6.56. The summed E-state index contributed by atoms with van der Waals surface area (Å²) in [6, 6.07) is 6.44. The maximum absolute atomic E-state index is 6.04. The second kappa shape index (κ2) is 6.65. The summed E-state index contributed by atoms with van der Waals surface area (Å²) < 4.78 is 0. The van der Waals surface area contributed by atoms with Crippen LogP contribution in [0.3, 0.4) is 0 Å². The molecule has 1 heterocycles. The van der Waals surface area contributed by atoms with Crippen molar-refractivity contribution in [2.45, 2.75) is 51.7 Å². The maximum Gasteiger partial charge on any atom is 0.0595 e. The zero-order chi connectivity index (χ0) is 14.8. The van der Waals surface area contributed by atoms with Crippen molar-refractivity contribution >= 4 is 23.2 Å². The van der Waals surface area contributed by atoms with E-state index in [1.54, 1.807) is 0 Å². The number of likely N-dealkylation sites (tertiary alicyclic amines) is 1. The van der Waals surface area contributed by atoms with E-state index in [0.717, 1.165) is 6.54 Å². The second-order valence-corrected chi connectivity index (χ2v) is 7.38. The van der Waals surface area contributed by atoms with Gasteiger partial charge in [0.05, 0.1) is 10.0 Å². The number of halogens is 2. The molecule has 1 fully saturated rings. The molecule has 1 N–H and O–H groups in total. The average Bonchev–Trinajstić information content (AvgIpc) is 2.40. The highest BCUT2D eigenvalue weighted by atomic mass is 35.5. The van der Waals surface area contributed by atoms with Gasteiger partial charge >= 0.3 is 0 Å². The van der Waals surface area contributed by atoms with E-state index >= 15 is 0 Å². The highest BCUT2D eigenvalue weighted by Gasteiger charge is 2.26. The SMILES string of the molecule is CC(C)(C)N1CCC(NCc2ccc(Cl)c(Cl)c2)CC1. The van der Waals surface area contributed by atoms with E-state index in [9.17, 15) is 0 Å². The Morgan fingerprint density at radius 3 is 2.35 bits per heavy atom. The molecule has 1 aromatic carbocycles. The van der Waals surface area contributed by atoms with Gasteiger partial charge in [0, 0.05) is 31.2 Å². The fourth-order valence-corrected chi connectivity index (χ4v) is 2.99. The van der Waals surface area contributed by atoms with Crippen molar-refractivity contribution in [2.24, 2.45) is 0 Å². The third-order valence-electron chi connectivity index (χ3n) is 4.02.